The molecule has 1 heterocycles. The Bertz CT molecular complexity index is 1070. The topological polar surface area (TPSA) is 128 Å². The summed E-state index contributed by atoms with van der Waals surface area (Å²) in [6.45, 7) is 0.459. The predicted molar refractivity (Wildman–Crippen MR) is 113 cm³/mol. The lowest BCUT2D eigenvalue weighted by Crippen LogP contribution is -2.45. The number of nitrogens with two attached hydrogens (primary N) is 1. The fourth-order valence-electron chi connectivity index (χ4n) is 3.50. The third-order valence-electron chi connectivity index (χ3n) is 5.17. The number of methoxy groups -OCH3 is 2. The van der Waals surface area contributed by atoms with Crippen LogP contribution in [0.5, 0.6) is 11.5 Å². The molecule has 1 aliphatic rings. The van der Waals surface area contributed by atoms with E-state index in [0.717, 1.165) is 5.56 Å². The molecule has 2 aromatic rings. The standard InChI is InChI=1S/C21H25N3O6S/c1-29-18-10-9-16(12-19(18)30-2)31(27,28)24-11-3-4-17(24)21(26)23-13-14-5-7-15(8-6-14)20(22)25/h5-10,12,17H,3-4,11,13H2,1-2H3,(H2,22,25)(H,23,26). The summed E-state index contributed by atoms with van der Waals surface area (Å²) >= 11 is 0. The second kappa shape index (κ2) is 9.36. The van der Waals surface area contributed by atoms with Gasteiger partial charge in [0, 0.05) is 24.7 Å². The maximum Gasteiger partial charge on any atom is 0.248 e. The lowest BCUT2D eigenvalue weighted by Gasteiger charge is -2.24. The van der Waals surface area contributed by atoms with Gasteiger partial charge in [-0.25, -0.2) is 8.42 Å². The second-order valence-electron chi connectivity index (χ2n) is 7.07. The number of rotatable bonds is 8. The van der Waals surface area contributed by atoms with Crippen LogP contribution in [0, 0.1) is 0 Å². The van der Waals surface area contributed by atoms with Crippen LogP contribution >= 0.6 is 0 Å². The summed E-state index contributed by atoms with van der Waals surface area (Å²) in [5, 5.41) is 2.78. The minimum atomic E-state index is -3.90. The first-order chi connectivity index (χ1) is 14.8. The van der Waals surface area contributed by atoms with E-state index in [1.165, 1.54) is 36.7 Å². The van der Waals surface area contributed by atoms with Gasteiger partial charge in [-0.05, 0) is 42.7 Å². The summed E-state index contributed by atoms with van der Waals surface area (Å²) in [6, 6.07) is 10.1. The number of nitrogens with zero attached hydrogens (tertiary/aromatic N) is 1. The van der Waals surface area contributed by atoms with E-state index in [9.17, 15) is 18.0 Å². The molecule has 0 saturated carbocycles. The maximum absolute atomic E-state index is 13.2. The van der Waals surface area contributed by atoms with Gasteiger partial charge < -0.3 is 20.5 Å². The third kappa shape index (κ3) is 4.80. The first-order valence-corrected chi connectivity index (χ1v) is 11.1. The zero-order valence-electron chi connectivity index (χ0n) is 17.3. The SMILES string of the molecule is COc1ccc(S(=O)(=O)N2CCCC2C(=O)NCc2ccc(C(N)=O)cc2)cc1OC. The molecule has 0 aromatic heterocycles. The summed E-state index contributed by atoms with van der Waals surface area (Å²) in [7, 11) is -1.01. The molecule has 10 heteroatoms. The number of carbonyl (C=O) groups is 2. The van der Waals surface area contributed by atoms with Gasteiger partial charge in [-0.1, -0.05) is 12.1 Å². The molecule has 0 bridgehead atoms. The van der Waals surface area contributed by atoms with E-state index in [-0.39, 0.29) is 23.9 Å². The molecule has 0 aliphatic carbocycles. The quantitative estimate of drug-likeness (QED) is 0.627. The van der Waals surface area contributed by atoms with E-state index >= 15 is 0 Å². The molecule has 166 valence electrons. The Labute approximate surface area is 181 Å². The smallest absolute Gasteiger partial charge is 0.248 e. The van der Waals surface area contributed by atoms with Crippen molar-refractivity contribution in [2.45, 2.75) is 30.3 Å². The molecule has 1 saturated heterocycles. The normalized spacial score (nSPS) is 16.6. The van der Waals surface area contributed by atoms with Gasteiger partial charge in [0.1, 0.15) is 6.04 Å². The predicted octanol–water partition coefficient (Wildman–Crippen LogP) is 1.27. The van der Waals surface area contributed by atoms with Gasteiger partial charge in [-0.2, -0.15) is 4.31 Å². The van der Waals surface area contributed by atoms with Crippen LogP contribution in [-0.2, 0) is 21.4 Å². The zero-order chi connectivity index (χ0) is 22.6. The van der Waals surface area contributed by atoms with Crippen LogP contribution in [0.2, 0.25) is 0 Å². The summed E-state index contributed by atoms with van der Waals surface area (Å²) in [4.78, 5) is 24.0. The molecule has 1 atom stereocenters. The average Bonchev–Trinajstić information content (AvgIpc) is 3.28. The maximum atomic E-state index is 13.2. The van der Waals surface area contributed by atoms with Crippen LogP contribution in [0.1, 0.15) is 28.8 Å². The van der Waals surface area contributed by atoms with Gasteiger partial charge in [0.05, 0.1) is 19.1 Å². The van der Waals surface area contributed by atoms with Gasteiger partial charge in [0.25, 0.3) is 0 Å². The van der Waals surface area contributed by atoms with E-state index in [0.29, 0.717) is 29.9 Å². The number of carbonyl (C=O) groups excluding carboxylic acids is 2. The van der Waals surface area contributed by atoms with Crippen LogP contribution in [0.25, 0.3) is 0 Å². The van der Waals surface area contributed by atoms with Gasteiger partial charge in [-0.3, -0.25) is 9.59 Å². The number of primary amides is 1. The lowest BCUT2D eigenvalue weighted by atomic mass is 10.1. The summed E-state index contributed by atoms with van der Waals surface area (Å²) in [6.07, 6.45) is 1.01. The molecule has 31 heavy (non-hydrogen) atoms. The number of hydrogen-bond acceptors (Lipinski definition) is 6. The fourth-order valence-corrected chi connectivity index (χ4v) is 5.17. The van der Waals surface area contributed by atoms with Crippen molar-refractivity contribution in [1.29, 1.82) is 0 Å². The molecule has 1 unspecified atom stereocenters. The van der Waals surface area contributed by atoms with Crippen molar-refractivity contribution in [1.82, 2.24) is 9.62 Å². The van der Waals surface area contributed by atoms with E-state index in [1.807, 2.05) is 0 Å². The van der Waals surface area contributed by atoms with Crippen LogP contribution in [0.15, 0.2) is 47.4 Å². The number of amides is 2. The first kappa shape index (κ1) is 22.6. The highest BCUT2D eigenvalue weighted by Crippen LogP contribution is 2.33. The van der Waals surface area contributed by atoms with Crippen molar-refractivity contribution < 1.29 is 27.5 Å². The molecule has 0 radical (unpaired) electrons. The largest absolute Gasteiger partial charge is 0.493 e. The van der Waals surface area contributed by atoms with Crippen molar-refractivity contribution in [2.24, 2.45) is 5.73 Å². The Morgan fingerprint density at radius 2 is 1.77 bits per heavy atom. The number of nitrogens with one attached hydrogen (secondary N) is 1. The van der Waals surface area contributed by atoms with E-state index in [2.05, 4.69) is 5.32 Å². The molecule has 0 spiro atoms. The molecule has 2 aromatic carbocycles. The van der Waals surface area contributed by atoms with Crippen molar-refractivity contribution in [2.75, 3.05) is 20.8 Å². The minimum Gasteiger partial charge on any atom is -0.493 e. The summed E-state index contributed by atoms with van der Waals surface area (Å²) in [5.74, 6) is -0.194. The fraction of sp³-hybridized carbons (Fsp3) is 0.333. The van der Waals surface area contributed by atoms with E-state index in [4.69, 9.17) is 15.2 Å². The van der Waals surface area contributed by atoms with Gasteiger partial charge >= 0.3 is 0 Å². The van der Waals surface area contributed by atoms with Gasteiger partial charge in [0.2, 0.25) is 21.8 Å². The summed E-state index contributed by atoms with van der Waals surface area (Å²) in [5.41, 5.74) is 6.36. The Hall–Kier alpha value is -3.11. The molecular formula is C21H25N3O6S. The van der Waals surface area contributed by atoms with Crippen LogP contribution in [0.4, 0.5) is 0 Å². The van der Waals surface area contributed by atoms with Crippen molar-refractivity contribution in [3.63, 3.8) is 0 Å². The molecule has 9 nitrogen and oxygen atoms in total. The first-order valence-electron chi connectivity index (χ1n) is 9.68. The molecule has 2 amide bonds. The Kier molecular flexibility index (Phi) is 6.81. The molecule has 1 aliphatic heterocycles. The summed E-state index contributed by atoms with van der Waals surface area (Å²) < 4.78 is 38.0. The van der Waals surface area contributed by atoms with Gasteiger partial charge in [0.15, 0.2) is 11.5 Å². The lowest BCUT2D eigenvalue weighted by molar-refractivity contribution is -0.124. The molecule has 3 N–H and O–H groups in total. The second-order valence-corrected chi connectivity index (χ2v) is 8.96. The number of benzene rings is 2. The highest BCUT2D eigenvalue weighted by atomic mass is 32.2. The van der Waals surface area contributed by atoms with Crippen LogP contribution in [-0.4, -0.2) is 51.3 Å². The number of sulfonamides is 1. The molecular weight excluding hydrogens is 422 g/mol. The minimum absolute atomic E-state index is 0.0342. The van der Waals surface area contributed by atoms with Crippen molar-refractivity contribution >= 4 is 21.8 Å². The van der Waals surface area contributed by atoms with E-state index < -0.39 is 22.0 Å². The van der Waals surface area contributed by atoms with Gasteiger partial charge in [-0.15, -0.1) is 0 Å². The van der Waals surface area contributed by atoms with Crippen molar-refractivity contribution in [3.8, 4) is 11.5 Å². The Balaban J connectivity index is 1.73. The monoisotopic (exact) mass is 447 g/mol. The Morgan fingerprint density at radius 1 is 1.10 bits per heavy atom. The number of hydrogen-bond donors (Lipinski definition) is 2. The average molecular weight is 448 g/mol. The van der Waals surface area contributed by atoms with Crippen LogP contribution in [0.3, 0.4) is 0 Å². The number of ether oxygens (including phenoxy) is 2. The highest BCUT2D eigenvalue weighted by Gasteiger charge is 2.39. The molecule has 1 fully saturated rings. The van der Waals surface area contributed by atoms with Crippen LogP contribution < -0.4 is 20.5 Å². The zero-order valence-corrected chi connectivity index (χ0v) is 18.1. The van der Waals surface area contributed by atoms with E-state index in [1.54, 1.807) is 24.3 Å². The molecule has 3 rings (SSSR count). The van der Waals surface area contributed by atoms with Crippen molar-refractivity contribution in [3.05, 3.63) is 53.6 Å². The Morgan fingerprint density at radius 3 is 2.39 bits per heavy atom. The third-order valence-corrected chi connectivity index (χ3v) is 7.08. The highest BCUT2D eigenvalue weighted by molar-refractivity contribution is 7.89.